The highest BCUT2D eigenvalue weighted by molar-refractivity contribution is 5.97. The first-order valence-corrected chi connectivity index (χ1v) is 11.6. The van der Waals surface area contributed by atoms with E-state index in [-0.39, 0.29) is 23.6 Å². The number of benzene rings is 2. The average molecular weight is 449 g/mol. The number of hydrogen-bond acceptors (Lipinski definition) is 4. The van der Waals surface area contributed by atoms with Gasteiger partial charge in [-0.15, -0.1) is 0 Å². The van der Waals surface area contributed by atoms with Gasteiger partial charge in [-0.2, -0.15) is 0 Å². The van der Waals surface area contributed by atoms with Gasteiger partial charge in [0.2, 0.25) is 11.8 Å². The molecule has 7 heteroatoms. The molecule has 1 aliphatic carbocycles. The smallest absolute Gasteiger partial charge is 0.253 e. The van der Waals surface area contributed by atoms with Crippen molar-refractivity contribution in [3.8, 4) is 0 Å². The second kappa shape index (κ2) is 9.75. The molecular weight excluding hydrogens is 416 g/mol. The van der Waals surface area contributed by atoms with Crippen molar-refractivity contribution in [2.24, 2.45) is 11.8 Å². The molecule has 2 unspecified atom stereocenters. The summed E-state index contributed by atoms with van der Waals surface area (Å²) < 4.78 is 0. The third-order valence-corrected chi connectivity index (χ3v) is 6.62. The summed E-state index contributed by atoms with van der Waals surface area (Å²) in [4.78, 5) is 41.4. The molecule has 0 aromatic heterocycles. The molecule has 2 aromatic rings. The van der Waals surface area contributed by atoms with E-state index in [0.717, 1.165) is 28.9 Å². The fourth-order valence-electron chi connectivity index (χ4n) is 4.30. The first-order valence-electron chi connectivity index (χ1n) is 11.6. The lowest BCUT2D eigenvalue weighted by atomic mass is 10.1. The molecule has 0 spiro atoms. The zero-order valence-corrected chi connectivity index (χ0v) is 19.6. The summed E-state index contributed by atoms with van der Waals surface area (Å²) in [5.74, 6) is 0.570. The zero-order chi connectivity index (χ0) is 23.5. The molecule has 174 valence electrons. The largest absolute Gasteiger partial charge is 0.336 e. The molecule has 2 N–H and O–H groups in total. The lowest BCUT2D eigenvalue weighted by molar-refractivity contribution is -0.118. The summed E-state index contributed by atoms with van der Waals surface area (Å²) >= 11 is 0. The van der Waals surface area contributed by atoms with Crippen molar-refractivity contribution in [3.63, 3.8) is 0 Å². The molecule has 3 amide bonds. The maximum absolute atomic E-state index is 12.9. The van der Waals surface area contributed by atoms with Gasteiger partial charge in [-0.05, 0) is 61.6 Å². The second-order valence-corrected chi connectivity index (χ2v) is 9.27. The molecule has 1 saturated carbocycles. The monoisotopic (exact) mass is 448 g/mol. The first-order chi connectivity index (χ1) is 15.8. The quantitative estimate of drug-likeness (QED) is 0.711. The molecule has 1 aliphatic heterocycles. The van der Waals surface area contributed by atoms with Gasteiger partial charge in [-0.1, -0.05) is 25.1 Å². The molecule has 2 aromatic carbocycles. The molecule has 2 atom stereocenters. The topological polar surface area (TPSA) is 81.8 Å². The van der Waals surface area contributed by atoms with Gasteiger partial charge in [0, 0.05) is 49.0 Å². The number of carbonyl (C=O) groups excluding carboxylic acids is 3. The van der Waals surface area contributed by atoms with Crippen LogP contribution >= 0.6 is 0 Å². The van der Waals surface area contributed by atoms with E-state index in [0.29, 0.717) is 44.2 Å². The number of rotatable bonds is 6. The van der Waals surface area contributed by atoms with Gasteiger partial charge in [0.15, 0.2) is 0 Å². The van der Waals surface area contributed by atoms with Crippen LogP contribution in [0.3, 0.4) is 0 Å². The molecule has 2 aliphatic rings. The Bertz CT molecular complexity index is 1020. The van der Waals surface area contributed by atoms with Crippen LogP contribution in [0.25, 0.3) is 0 Å². The van der Waals surface area contributed by atoms with Crippen LogP contribution in [-0.2, 0) is 9.59 Å². The maximum atomic E-state index is 12.9. The van der Waals surface area contributed by atoms with E-state index in [9.17, 15) is 14.4 Å². The van der Waals surface area contributed by atoms with Crippen LogP contribution < -0.4 is 10.6 Å². The summed E-state index contributed by atoms with van der Waals surface area (Å²) in [6.07, 6.45) is 0.946. The minimum Gasteiger partial charge on any atom is -0.336 e. The molecule has 1 saturated heterocycles. The van der Waals surface area contributed by atoms with Crippen LogP contribution in [0.15, 0.2) is 42.5 Å². The number of hydrogen-bond donors (Lipinski definition) is 2. The van der Waals surface area contributed by atoms with Crippen LogP contribution in [0.4, 0.5) is 11.4 Å². The number of para-hydroxylation sites is 1. The Kier molecular flexibility index (Phi) is 6.79. The first kappa shape index (κ1) is 23.0. The summed E-state index contributed by atoms with van der Waals surface area (Å²) in [6.45, 7) is 8.82. The van der Waals surface area contributed by atoms with Crippen LogP contribution in [0.5, 0.6) is 0 Å². The maximum Gasteiger partial charge on any atom is 0.253 e. The third kappa shape index (κ3) is 5.60. The summed E-state index contributed by atoms with van der Waals surface area (Å²) in [7, 11) is 0. The van der Waals surface area contributed by atoms with Gasteiger partial charge in [-0.25, -0.2) is 0 Å². The predicted molar refractivity (Wildman–Crippen MR) is 129 cm³/mol. The highest BCUT2D eigenvalue weighted by Gasteiger charge is 2.39. The van der Waals surface area contributed by atoms with Crippen LogP contribution in [0.2, 0.25) is 0 Å². The van der Waals surface area contributed by atoms with E-state index >= 15 is 0 Å². The van der Waals surface area contributed by atoms with Gasteiger partial charge < -0.3 is 15.5 Å². The minimum absolute atomic E-state index is 0.0247. The Morgan fingerprint density at radius 1 is 0.909 bits per heavy atom. The van der Waals surface area contributed by atoms with Crippen molar-refractivity contribution in [3.05, 3.63) is 59.2 Å². The minimum atomic E-state index is -0.0367. The van der Waals surface area contributed by atoms with E-state index in [2.05, 4.69) is 22.5 Å². The van der Waals surface area contributed by atoms with E-state index in [4.69, 9.17) is 0 Å². The number of nitrogens with zero attached hydrogens (tertiary/aromatic N) is 2. The predicted octanol–water partition coefficient (Wildman–Crippen LogP) is 3.29. The Morgan fingerprint density at radius 3 is 2.09 bits per heavy atom. The van der Waals surface area contributed by atoms with Gasteiger partial charge in [-0.3, -0.25) is 19.3 Å². The highest BCUT2D eigenvalue weighted by Crippen LogP contribution is 2.38. The Labute approximate surface area is 195 Å². The van der Waals surface area contributed by atoms with Crippen molar-refractivity contribution >= 4 is 29.1 Å². The molecule has 7 nitrogen and oxygen atoms in total. The number of amides is 3. The molecular formula is C26H32N4O3. The Morgan fingerprint density at radius 2 is 1.52 bits per heavy atom. The Balaban J connectivity index is 1.25. The summed E-state index contributed by atoms with van der Waals surface area (Å²) in [5.41, 5.74) is 4.30. The normalized spacial score (nSPS) is 20.3. The summed E-state index contributed by atoms with van der Waals surface area (Å²) in [6, 6.07) is 13.0. The highest BCUT2D eigenvalue weighted by atomic mass is 16.2. The SMILES string of the molecule is Cc1cccc(C)c1NC(=O)CN1CCN(C(=O)c2ccc(NC(=O)C3CC3C)cc2)CC1. The number of carbonyl (C=O) groups is 3. The fourth-order valence-corrected chi connectivity index (χ4v) is 4.30. The Hall–Kier alpha value is -3.19. The number of nitrogens with one attached hydrogen (secondary N) is 2. The van der Waals surface area contributed by atoms with Gasteiger partial charge in [0.1, 0.15) is 0 Å². The molecule has 2 fully saturated rings. The van der Waals surface area contributed by atoms with Crippen molar-refractivity contribution in [1.29, 1.82) is 0 Å². The third-order valence-electron chi connectivity index (χ3n) is 6.62. The molecule has 0 radical (unpaired) electrons. The zero-order valence-electron chi connectivity index (χ0n) is 19.6. The fraction of sp³-hybridized carbons (Fsp3) is 0.423. The molecule has 0 bridgehead atoms. The van der Waals surface area contributed by atoms with E-state index < -0.39 is 0 Å². The molecule has 4 rings (SSSR count). The molecule has 33 heavy (non-hydrogen) atoms. The molecule has 1 heterocycles. The van der Waals surface area contributed by atoms with Crippen LogP contribution in [-0.4, -0.2) is 60.2 Å². The van der Waals surface area contributed by atoms with Crippen molar-refractivity contribution < 1.29 is 14.4 Å². The number of anilines is 2. The van der Waals surface area contributed by atoms with Crippen LogP contribution in [0.1, 0.15) is 34.8 Å². The van der Waals surface area contributed by atoms with E-state index in [1.807, 2.05) is 36.9 Å². The lowest BCUT2D eigenvalue weighted by Gasteiger charge is -2.34. The van der Waals surface area contributed by atoms with E-state index in [1.54, 1.807) is 24.3 Å². The van der Waals surface area contributed by atoms with Crippen LogP contribution in [0, 0.1) is 25.7 Å². The average Bonchev–Trinajstić information content (AvgIpc) is 3.54. The number of aryl methyl sites for hydroxylation is 2. The van der Waals surface area contributed by atoms with Crippen molar-refractivity contribution in [1.82, 2.24) is 9.80 Å². The van der Waals surface area contributed by atoms with E-state index in [1.165, 1.54) is 0 Å². The lowest BCUT2D eigenvalue weighted by Crippen LogP contribution is -2.50. The standard InChI is InChI=1S/C26H32N4O3/c1-17-5-4-6-18(2)24(17)28-23(31)16-29-11-13-30(14-12-29)26(33)20-7-9-21(10-8-20)27-25(32)22-15-19(22)3/h4-10,19,22H,11-16H2,1-3H3,(H,27,32)(H,28,31). The second-order valence-electron chi connectivity index (χ2n) is 9.27. The van der Waals surface area contributed by atoms with Gasteiger partial charge >= 0.3 is 0 Å². The van der Waals surface area contributed by atoms with Crippen molar-refractivity contribution in [2.75, 3.05) is 43.4 Å². The van der Waals surface area contributed by atoms with Crippen molar-refractivity contribution in [2.45, 2.75) is 27.2 Å². The number of piperazine rings is 1. The summed E-state index contributed by atoms with van der Waals surface area (Å²) in [5, 5.41) is 5.95. The van der Waals surface area contributed by atoms with Gasteiger partial charge in [0.25, 0.3) is 5.91 Å². The van der Waals surface area contributed by atoms with Gasteiger partial charge in [0.05, 0.1) is 6.54 Å².